The van der Waals surface area contributed by atoms with Crippen molar-refractivity contribution in [2.75, 3.05) is 13.1 Å². The lowest BCUT2D eigenvalue weighted by atomic mass is 9.99. The van der Waals surface area contributed by atoms with Crippen molar-refractivity contribution in [3.63, 3.8) is 0 Å². The van der Waals surface area contributed by atoms with Gasteiger partial charge in [-0.15, -0.1) is 0 Å². The molecule has 1 saturated heterocycles. The van der Waals surface area contributed by atoms with E-state index >= 15 is 0 Å². The second kappa shape index (κ2) is 4.67. The van der Waals surface area contributed by atoms with Crippen molar-refractivity contribution in [2.45, 2.75) is 12.8 Å². The molecule has 1 aliphatic heterocycles. The van der Waals surface area contributed by atoms with Crippen molar-refractivity contribution < 1.29 is 0 Å². The molecule has 0 spiro atoms. The van der Waals surface area contributed by atoms with Gasteiger partial charge < -0.3 is 5.32 Å². The highest BCUT2D eigenvalue weighted by atomic mass is 15.3. The van der Waals surface area contributed by atoms with Crippen LogP contribution in [0.25, 0.3) is 5.69 Å². The SMILES string of the molecule is c1ncn(-c2ccc(CC3CCNC3)cc2)n1. The van der Waals surface area contributed by atoms with Crippen LogP contribution in [-0.2, 0) is 6.42 Å². The summed E-state index contributed by atoms with van der Waals surface area (Å²) in [6.07, 6.45) is 5.74. The lowest BCUT2D eigenvalue weighted by molar-refractivity contribution is 0.580. The van der Waals surface area contributed by atoms with Crippen molar-refractivity contribution in [3.05, 3.63) is 42.5 Å². The lowest BCUT2D eigenvalue weighted by Crippen LogP contribution is -2.10. The molecule has 1 aromatic carbocycles. The molecule has 1 aromatic heterocycles. The summed E-state index contributed by atoms with van der Waals surface area (Å²) in [5.74, 6) is 0.798. The molecule has 3 rings (SSSR count). The number of hydrogen-bond acceptors (Lipinski definition) is 3. The first-order valence-electron chi connectivity index (χ1n) is 6.06. The summed E-state index contributed by atoms with van der Waals surface area (Å²) in [5.41, 5.74) is 2.47. The van der Waals surface area contributed by atoms with Crippen LogP contribution in [0.1, 0.15) is 12.0 Å². The molecular weight excluding hydrogens is 212 g/mol. The molecule has 4 nitrogen and oxygen atoms in total. The van der Waals surface area contributed by atoms with Gasteiger partial charge in [-0.1, -0.05) is 12.1 Å². The van der Waals surface area contributed by atoms with E-state index < -0.39 is 0 Å². The van der Waals surface area contributed by atoms with Crippen LogP contribution >= 0.6 is 0 Å². The molecule has 88 valence electrons. The number of nitrogens with one attached hydrogen (secondary N) is 1. The molecule has 0 saturated carbocycles. The second-order valence-corrected chi connectivity index (χ2v) is 4.57. The van der Waals surface area contributed by atoms with E-state index in [-0.39, 0.29) is 0 Å². The second-order valence-electron chi connectivity index (χ2n) is 4.57. The van der Waals surface area contributed by atoms with Gasteiger partial charge in [-0.2, -0.15) is 5.10 Å². The van der Waals surface area contributed by atoms with Crippen LogP contribution in [0, 0.1) is 5.92 Å². The molecule has 2 aromatic rings. The molecule has 0 amide bonds. The van der Waals surface area contributed by atoms with Gasteiger partial charge in [-0.3, -0.25) is 0 Å². The molecule has 0 aliphatic carbocycles. The largest absolute Gasteiger partial charge is 0.316 e. The van der Waals surface area contributed by atoms with Crippen LogP contribution in [0.3, 0.4) is 0 Å². The number of benzene rings is 1. The minimum absolute atomic E-state index is 0.798. The summed E-state index contributed by atoms with van der Waals surface area (Å²) in [6.45, 7) is 2.33. The van der Waals surface area contributed by atoms with Crippen LogP contribution in [0.5, 0.6) is 0 Å². The van der Waals surface area contributed by atoms with E-state index in [0.717, 1.165) is 18.2 Å². The first kappa shape index (κ1) is 10.5. The van der Waals surface area contributed by atoms with Crippen LogP contribution < -0.4 is 5.32 Å². The standard InChI is InChI=1S/C13H16N4/c1-3-13(17-10-15-9-16-17)4-2-11(1)7-12-5-6-14-8-12/h1-4,9-10,12,14H,5-8H2. The molecular formula is C13H16N4. The molecule has 17 heavy (non-hydrogen) atoms. The van der Waals surface area contributed by atoms with Crippen molar-refractivity contribution in [3.8, 4) is 5.69 Å². The van der Waals surface area contributed by atoms with Gasteiger partial charge in [0.05, 0.1) is 5.69 Å². The Balaban J connectivity index is 1.71. The van der Waals surface area contributed by atoms with Crippen molar-refractivity contribution in [1.29, 1.82) is 0 Å². The Kier molecular flexibility index (Phi) is 2.88. The minimum Gasteiger partial charge on any atom is -0.316 e. The molecule has 1 fully saturated rings. The fraction of sp³-hybridized carbons (Fsp3) is 0.385. The lowest BCUT2D eigenvalue weighted by Gasteiger charge is -2.08. The highest BCUT2D eigenvalue weighted by molar-refractivity contribution is 5.33. The van der Waals surface area contributed by atoms with E-state index in [0.29, 0.717) is 0 Å². The normalized spacial score (nSPS) is 19.6. The third kappa shape index (κ3) is 2.36. The molecule has 0 bridgehead atoms. The Bertz CT molecular complexity index is 455. The molecule has 1 N–H and O–H groups in total. The first-order chi connectivity index (χ1) is 8.42. The summed E-state index contributed by atoms with van der Waals surface area (Å²) in [4.78, 5) is 3.95. The molecule has 4 heteroatoms. The van der Waals surface area contributed by atoms with E-state index in [4.69, 9.17) is 0 Å². The molecule has 2 heterocycles. The summed E-state index contributed by atoms with van der Waals surface area (Å²) < 4.78 is 1.78. The Morgan fingerprint density at radius 3 is 2.82 bits per heavy atom. The van der Waals surface area contributed by atoms with Gasteiger partial charge in [0.15, 0.2) is 0 Å². The zero-order valence-electron chi connectivity index (χ0n) is 9.71. The summed E-state index contributed by atoms with van der Waals surface area (Å²) in [6, 6.07) is 8.59. The van der Waals surface area contributed by atoms with Gasteiger partial charge in [0.25, 0.3) is 0 Å². The maximum absolute atomic E-state index is 4.11. The van der Waals surface area contributed by atoms with E-state index in [9.17, 15) is 0 Å². The third-order valence-corrected chi connectivity index (χ3v) is 3.31. The molecule has 1 atom stereocenters. The van der Waals surface area contributed by atoms with Crippen molar-refractivity contribution >= 4 is 0 Å². The number of rotatable bonds is 3. The maximum atomic E-state index is 4.11. The predicted octanol–water partition coefficient (Wildman–Crippen LogP) is 1.42. The summed E-state index contributed by atoms with van der Waals surface area (Å²) >= 11 is 0. The van der Waals surface area contributed by atoms with Crippen LogP contribution in [0.15, 0.2) is 36.9 Å². The first-order valence-corrected chi connectivity index (χ1v) is 6.06. The van der Waals surface area contributed by atoms with E-state index in [2.05, 4.69) is 39.7 Å². The highest BCUT2D eigenvalue weighted by Gasteiger charge is 2.14. The maximum Gasteiger partial charge on any atom is 0.138 e. The van der Waals surface area contributed by atoms with Gasteiger partial charge in [0.2, 0.25) is 0 Å². The van der Waals surface area contributed by atoms with Gasteiger partial charge in [0, 0.05) is 0 Å². The topological polar surface area (TPSA) is 42.7 Å². The van der Waals surface area contributed by atoms with Gasteiger partial charge >= 0.3 is 0 Å². The Labute approximate surface area is 101 Å². The number of aromatic nitrogens is 3. The minimum atomic E-state index is 0.798. The summed E-state index contributed by atoms with van der Waals surface area (Å²) in [7, 11) is 0. The van der Waals surface area contributed by atoms with Crippen LogP contribution in [-0.4, -0.2) is 27.9 Å². The quantitative estimate of drug-likeness (QED) is 0.864. The van der Waals surface area contributed by atoms with Crippen molar-refractivity contribution in [2.24, 2.45) is 5.92 Å². The van der Waals surface area contributed by atoms with Crippen LogP contribution in [0.2, 0.25) is 0 Å². The predicted molar refractivity (Wildman–Crippen MR) is 66.0 cm³/mol. The van der Waals surface area contributed by atoms with Gasteiger partial charge in [-0.05, 0) is 49.5 Å². The number of hydrogen-bond donors (Lipinski definition) is 1. The van der Waals surface area contributed by atoms with Gasteiger partial charge in [0.1, 0.15) is 12.7 Å². The monoisotopic (exact) mass is 228 g/mol. The third-order valence-electron chi connectivity index (χ3n) is 3.31. The molecule has 1 unspecified atom stereocenters. The fourth-order valence-corrected chi connectivity index (χ4v) is 2.35. The average Bonchev–Trinajstić information content (AvgIpc) is 3.01. The Morgan fingerprint density at radius 2 is 2.18 bits per heavy atom. The Morgan fingerprint density at radius 1 is 1.29 bits per heavy atom. The smallest absolute Gasteiger partial charge is 0.138 e. The zero-order valence-corrected chi connectivity index (χ0v) is 9.71. The zero-order chi connectivity index (χ0) is 11.5. The van der Waals surface area contributed by atoms with E-state index in [1.165, 1.54) is 24.9 Å². The average molecular weight is 228 g/mol. The fourth-order valence-electron chi connectivity index (χ4n) is 2.35. The van der Waals surface area contributed by atoms with E-state index in [1.54, 1.807) is 17.3 Å². The van der Waals surface area contributed by atoms with E-state index in [1.807, 2.05) is 0 Å². The molecule has 0 radical (unpaired) electrons. The Hall–Kier alpha value is -1.68. The summed E-state index contributed by atoms with van der Waals surface area (Å²) in [5, 5.41) is 7.52. The van der Waals surface area contributed by atoms with Crippen molar-refractivity contribution in [1.82, 2.24) is 20.1 Å². The van der Waals surface area contributed by atoms with Crippen LogP contribution in [0.4, 0.5) is 0 Å². The molecule has 1 aliphatic rings. The van der Waals surface area contributed by atoms with Gasteiger partial charge in [-0.25, -0.2) is 9.67 Å². The highest BCUT2D eigenvalue weighted by Crippen LogP contribution is 2.16. The number of nitrogens with zero attached hydrogens (tertiary/aromatic N) is 3.